The van der Waals surface area contributed by atoms with Crippen LogP contribution in [0.5, 0.6) is 5.75 Å². The Hall–Kier alpha value is -2.29. The molecule has 11 heteroatoms. The van der Waals surface area contributed by atoms with E-state index in [2.05, 4.69) is 10.6 Å². The largest absolute Gasteiger partial charge is 0.495 e. The highest BCUT2D eigenvalue weighted by atomic mass is 32.1. The standard InChI is InChI=1S/C28H36F4N3O2PS/c1-35-14-12-22(21(29)17-35)34-24-8-5-7-19-20(16-28(30,31)32)26(39-27(19)24)9-6-13-33-23-11-10-18(38(3,4)36)15-25(23)37-2/h5,7-8,10-11,15,21-22,33-34H,6,9,12-14,16-17H2,1-4H3/t21-,22+/m0/s1. The minimum absolute atomic E-state index is 0.301. The molecular weight excluding hydrogens is 549 g/mol. The second-order valence-electron chi connectivity index (χ2n) is 10.6. The van der Waals surface area contributed by atoms with Gasteiger partial charge >= 0.3 is 6.18 Å². The van der Waals surface area contributed by atoms with Crippen LogP contribution in [0, 0.1) is 0 Å². The Morgan fingerprint density at radius 2 is 1.95 bits per heavy atom. The van der Waals surface area contributed by atoms with Crippen LogP contribution in [0.25, 0.3) is 10.1 Å². The normalized spacial score (nSPS) is 18.9. The maximum atomic E-state index is 14.7. The molecule has 1 saturated heterocycles. The van der Waals surface area contributed by atoms with Gasteiger partial charge in [-0.1, -0.05) is 12.1 Å². The Morgan fingerprint density at radius 3 is 2.62 bits per heavy atom. The van der Waals surface area contributed by atoms with E-state index in [1.807, 2.05) is 24.1 Å². The van der Waals surface area contributed by atoms with Gasteiger partial charge in [0.2, 0.25) is 0 Å². The molecule has 0 bridgehead atoms. The Balaban J connectivity index is 1.52. The highest BCUT2D eigenvalue weighted by Gasteiger charge is 2.32. The van der Waals surface area contributed by atoms with E-state index in [1.165, 1.54) is 11.3 Å². The number of alkyl halides is 4. The lowest BCUT2D eigenvalue weighted by Gasteiger charge is -2.33. The molecule has 0 aliphatic carbocycles. The summed E-state index contributed by atoms with van der Waals surface area (Å²) in [6.45, 7) is 5.01. The van der Waals surface area contributed by atoms with Gasteiger partial charge in [-0.2, -0.15) is 13.2 Å². The number of anilines is 2. The van der Waals surface area contributed by atoms with E-state index in [-0.39, 0.29) is 6.04 Å². The fraction of sp³-hybridized carbons (Fsp3) is 0.500. The Bertz CT molecular complexity index is 1340. The number of nitrogens with one attached hydrogen (secondary N) is 2. The zero-order valence-corrected chi connectivity index (χ0v) is 24.4. The van der Waals surface area contributed by atoms with Crippen molar-refractivity contribution in [3.8, 4) is 5.75 Å². The first-order chi connectivity index (χ1) is 18.4. The van der Waals surface area contributed by atoms with Gasteiger partial charge in [-0.15, -0.1) is 11.3 Å². The first-order valence-corrected chi connectivity index (χ1v) is 16.4. The number of benzene rings is 2. The van der Waals surface area contributed by atoms with Crippen LogP contribution in [-0.4, -0.2) is 70.4 Å². The van der Waals surface area contributed by atoms with E-state index >= 15 is 0 Å². The quantitative estimate of drug-likeness (QED) is 0.156. The van der Waals surface area contributed by atoms with E-state index in [4.69, 9.17) is 4.74 Å². The predicted molar refractivity (Wildman–Crippen MR) is 155 cm³/mol. The zero-order chi connectivity index (χ0) is 28.4. The average Bonchev–Trinajstić information content (AvgIpc) is 3.19. The van der Waals surface area contributed by atoms with Gasteiger partial charge in [-0.05, 0) is 74.9 Å². The first kappa shape index (κ1) is 29.7. The smallest absolute Gasteiger partial charge is 0.393 e. The molecule has 39 heavy (non-hydrogen) atoms. The topological polar surface area (TPSA) is 53.6 Å². The molecule has 0 unspecified atom stereocenters. The second-order valence-corrected chi connectivity index (χ2v) is 14.9. The molecule has 1 aliphatic rings. The Kier molecular flexibility index (Phi) is 9.19. The molecule has 0 saturated carbocycles. The van der Waals surface area contributed by atoms with Crippen molar-refractivity contribution in [3.63, 3.8) is 0 Å². The van der Waals surface area contributed by atoms with Crippen molar-refractivity contribution in [1.29, 1.82) is 0 Å². The van der Waals surface area contributed by atoms with Crippen LogP contribution >= 0.6 is 18.5 Å². The van der Waals surface area contributed by atoms with E-state index in [9.17, 15) is 22.1 Å². The number of ether oxygens (including phenoxy) is 1. The van der Waals surface area contributed by atoms with Crippen LogP contribution in [0.2, 0.25) is 0 Å². The summed E-state index contributed by atoms with van der Waals surface area (Å²) in [5.41, 5.74) is 1.73. The second kappa shape index (κ2) is 12.1. The van der Waals surface area contributed by atoms with Gasteiger partial charge in [-0.3, -0.25) is 0 Å². The lowest BCUT2D eigenvalue weighted by atomic mass is 10.0. The molecule has 1 aliphatic heterocycles. The van der Waals surface area contributed by atoms with Gasteiger partial charge in [0, 0.05) is 29.8 Å². The third-order valence-electron chi connectivity index (χ3n) is 7.07. The molecule has 4 rings (SSSR count). The van der Waals surface area contributed by atoms with E-state index in [0.29, 0.717) is 59.6 Å². The summed E-state index contributed by atoms with van der Waals surface area (Å²) in [5, 5.41) is 7.89. The van der Waals surface area contributed by atoms with Gasteiger partial charge in [0.1, 0.15) is 19.1 Å². The maximum absolute atomic E-state index is 14.7. The number of fused-ring (bicyclic) bond motifs is 1. The third kappa shape index (κ3) is 7.47. The number of likely N-dealkylation sites (tertiary alicyclic amines) is 1. The molecule has 214 valence electrons. The van der Waals surface area contributed by atoms with Crippen LogP contribution in [0.4, 0.5) is 28.9 Å². The molecule has 0 radical (unpaired) electrons. The number of aryl methyl sites for hydroxylation is 1. The van der Waals surface area contributed by atoms with Crippen molar-refractivity contribution < 1.29 is 26.9 Å². The molecule has 0 amide bonds. The molecule has 5 nitrogen and oxygen atoms in total. The van der Waals surface area contributed by atoms with E-state index < -0.39 is 25.9 Å². The number of rotatable bonds is 10. The van der Waals surface area contributed by atoms with Gasteiger partial charge < -0.3 is 24.8 Å². The average molecular weight is 586 g/mol. The molecule has 2 heterocycles. The van der Waals surface area contributed by atoms with Crippen LogP contribution in [0.15, 0.2) is 36.4 Å². The molecule has 2 aromatic carbocycles. The highest BCUT2D eigenvalue weighted by molar-refractivity contribution is 7.70. The number of methoxy groups -OCH3 is 1. The monoisotopic (exact) mass is 585 g/mol. The molecule has 2 atom stereocenters. The summed E-state index contributed by atoms with van der Waals surface area (Å²) in [6, 6.07) is 10.3. The highest BCUT2D eigenvalue weighted by Crippen LogP contribution is 2.41. The lowest BCUT2D eigenvalue weighted by Crippen LogP contribution is -2.46. The number of halogens is 4. The van der Waals surface area contributed by atoms with E-state index in [0.717, 1.165) is 22.2 Å². The molecular formula is C28H36F4N3O2PS. The zero-order valence-electron chi connectivity index (χ0n) is 22.7. The van der Waals surface area contributed by atoms with Crippen molar-refractivity contribution >= 4 is 45.2 Å². The van der Waals surface area contributed by atoms with Crippen LogP contribution in [0.3, 0.4) is 0 Å². The van der Waals surface area contributed by atoms with Gasteiger partial charge in [0.25, 0.3) is 0 Å². The first-order valence-electron chi connectivity index (χ1n) is 13.0. The van der Waals surface area contributed by atoms with Gasteiger partial charge in [0.15, 0.2) is 0 Å². The third-order valence-corrected chi connectivity index (χ3v) is 9.93. The molecule has 1 aromatic heterocycles. The number of hydrogen-bond acceptors (Lipinski definition) is 6. The fourth-order valence-corrected chi connectivity index (χ4v) is 7.18. The lowest BCUT2D eigenvalue weighted by molar-refractivity contribution is -0.127. The summed E-state index contributed by atoms with van der Waals surface area (Å²) in [4.78, 5) is 2.64. The Morgan fingerprint density at radius 1 is 1.18 bits per heavy atom. The van der Waals surface area contributed by atoms with Crippen molar-refractivity contribution in [2.45, 2.75) is 44.1 Å². The van der Waals surface area contributed by atoms with E-state index in [1.54, 1.807) is 44.7 Å². The SMILES string of the molecule is COc1cc(P(C)(C)=O)ccc1NCCCc1sc2c(N[C@@H]3CCN(C)C[C@@H]3F)cccc2c1CC(F)(F)F. The number of nitrogens with zero attached hydrogens (tertiary/aromatic N) is 1. The number of hydrogen-bond donors (Lipinski definition) is 2. The van der Waals surface area contributed by atoms with Crippen molar-refractivity contribution in [3.05, 3.63) is 46.8 Å². The predicted octanol–water partition coefficient (Wildman–Crippen LogP) is 6.76. The van der Waals surface area contributed by atoms with Crippen LogP contribution in [0.1, 0.15) is 23.3 Å². The maximum Gasteiger partial charge on any atom is 0.393 e. The molecule has 3 aromatic rings. The summed E-state index contributed by atoms with van der Waals surface area (Å²) >= 11 is 1.36. The summed E-state index contributed by atoms with van der Waals surface area (Å²) in [5.74, 6) is 0.576. The number of piperidine rings is 1. The van der Waals surface area contributed by atoms with Crippen molar-refractivity contribution in [1.82, 2.24) is 4.90 Å². The molecule has 1 fully saturated rings. The van der Waals surface area contributed by atoms with Crippen LogP contribution in [-0.2, 0) is 17.4 Å². The van der Waals surface area contributed by atoms with Gasteiger partial charge in [-0.25, -0.2) is 4.39 Å². The minimum atomic E-state index is -4.34. The van der Waals surface area contributed by atoms with Crippen molar-refractivity contribution in [2.24, 2.45) is 0 Å². The summed E-state index contributed by atoms with van der Waals surface area (Å²) < 4.78 is 74.1. The van der Waals surface area contributed by atoms with Crippen LogP contribution < -0.4 is 20.7 Å². The molecule has 2 N–H and O–H groups in total. The number of thiophene rings is 1. The summed E-state index contributed by atoms with van der Waals surface area (Å²) in [7, 11) is 0.991. The fourth-order valence-electron chi connectivity index (χ4n) is 4.98. The summed E-state index contributed by atoms with van der Waals surface area (Å²) in [6.07, 6.45) is -4.68. The Labute approximate surface area is 231 Å². The van der Waals surface area contributed by atoms with Gasteiger partial charge in [0.05, 0.1) is 35.6 Å². The van der Waals surface area contributed by atoms with Crippen molar-refractivity contribution in [2.75, 3.05) is 57.8 Å². The minimum Gasteiger partial charge on any atom is -0.495 e. The molecule has 0 spiro atoms.